The summed E-state index contributed by atoms with van der Waals surface area (Å²) >= 11 is 0. The maximum Gasteiger partial charge on any atom is 0.290 e. The fraction of sp³-hybridized carbons (Fsp3) is 0.425. The molecule has 3 heterocycles. The quantitative estimate of drug-likeness (QED) is 0.106. The first kappa shape index (κ1) is 38.6. The van der Waals surface area contributed by atoms with Gasteiger partial charge in [0.05, 0.1) is 12.2 Å². The lowest BCUT2D eigenvalue weighted by atomic mass is 9.96. The second-order valence-electron chi connectivity index (χ2n) is 13.7. The highest BCUT2D eigenvalue weighted by Gasteiger charge is 2.29. The summed E-state index contributed by atoms with van der Waals surface area (Å²) in [6.45, 7) is 10.2. The molecule has 11 nitrogen and oxygen atoms in total. The number of carbonyl (C=O) groups is 3. The standard InChI is InChI=1S/C39H48N6O3.CH2O2/c1-5-6-7-8-11-22-48-33-18-16-29(17-19-33)31-24-40-35(41-25-31)30-14-12-28(13-15-30)23-34(37(47)45-20-9-10-21-45)44-36(46)32-26-42-38(43-27-32)39(2,3)4;2-1-3/h12-19,24-27,34H,5-11,20-23H2,1-4H3,(H,44,46);1H,(H,2,3). The third kappa shape index (κ3) is 11.7. The van der Waals surface area contributed by atoms with E-state index in [1.807, 2.05) is 86.6 Å². The van der Waals surface area contributed by atoms with Gasteiger partial charge in [-0.15, -0.1) is 0 Å². The monoisotopic (exact) mass is 694 g/mol. The van der Waals surface area contributed by atoms with Gasteiger partial charge in [0.25, 0.3) is 12.4 Å². The molecule has 2 N–H and O–H groups in total. The fourth-order valence-electron chi connectivity index (χ4n) is 5.72. The van der Waals surface area contributed by atoms with Crippen LogP contribution in [-0.4, -0.2) is 74.0 Å². The number of ether oxygens (including phenoxy) is 1. The van der Waals surface area contributed by atoms with E-state index in [4.69, 9.17) is 14.6 Å². The minimum Gasteiger partial charge on any atom is -0.494 e. The Morgan fingerprint density at radius 2 is 1.43 bits per heavy atom. The van der Waals surface area contributed by atoms with Crippen LogP contribution in [0.15, 0.2) is 73.3 Å². The molecule has 2 aromatic heterocycles. The number of nitrogens with zero attached hydrogens (tertiary/aromatic N) is 5. The maximum absolute atomic E-state index is 13.5. The van der Waals surface area contributed by atoms with Crippen molar-refractivity contribution in [2.75, 3.05) is 19.7 Å². The average Bonchev–Trinajstić information content (AvgIpc) is 3.69. The van der Waals surface area contributed by atoms with E-state index >= 15 is 0 Å². The van der Waals surface area contributed by atoms with Crippen LogP contribution in [0.2, 0.25) is 0 Å². The normalized spacial score (nSPS) is 13.1. The number of carboxylic acid groups (broad SMARTS) is 1. The zero-order valence-electron chi connectivity index (χ0n) is 30.2. The van der Waals surface area contributed by atoms with Gasteiger partial charge in [0.15, 0.2) is 5.82 Å². The van der Waals surface area contributed by atoms with E-state index in [1.165, 1.54) is 38.1 Å². The van der Waals surface area contributed by atoms with Gasteiger partial charge < -0.3 is 20.1 Å². The number of benzene rings is 2. The Hall–Kier alpha value is -5.19. The van der Waals surface area contributed by atoms with Gasteiger partial charge in [-0.05, 0) is 42.5 Å². The number of carbonyl (C=O) groups excluding carboxylic acids is 2. The number of rotatable bonds is 14. The second kappa shape index (κ2) is 19.3. The molecule has 1 unspecified atom stereocenters. The van der Waals surface area contributed by atoms with Gasteiger partial charge in [0, 0.05) is 60.8 Å². The SMILES string of the molecule is CCCCCCCOc1ccc(-c2cnc(-c3ccc(CC(NC(=O)c4cnc(C(C)(C)C)nc4)C(=O)N4CCCC4)cc3)nc2)cc1.O=CO. The molecule has 0 bridgehead atoms. The Morgan fingerprint density at radius 1 is 0.843 bits per heavy atom. The molecular formula is C40H50N6O5. The molecule has 1 saturated heterocycles. The summed E-state index contributed by atoms with van der Waals surface area (Å²) in [6.07, 6.45) is 15.1. The van der Waals surface area contributed by atoms with E-state index in [1.54, 1.807) is 0 Å². The lowest BCUT2D eigenvalue weighted by Gasteiger charge is -2.24. The molecule has 1 fully saturated rings. The molecule has 0 saturated carbocycles. The number of likely N-dealkylation sites (tertiary alicyclic amines) is 1. The molecule has 51 heavy (non-hydrogen) atoms. The topological polar surface area (TPSA) is 147 Å². The molecule has 11 heteroatoms. The number of amides is 2. The van der Waals surface area contributed by atoms with Crippen molar-refractivity contribution in [1.29, 1.82) is 0 Å². The number of unbranched alkanes of at least 4 members (excludes halogenated alkanes) is 4. The van der Waals surface area contributed by atoms with E-state index in [0.29, 0.717) is 36.7 Å². The lowest BCUT2D eigenvalue weighted by Crippen LogP contribution is -2.49. The molecule has 270 valence electrons. The molecule has 1 aliphatic rings. The highest BCUT2D eigenvalue weighted by atomic mass is 16.5. The van der Waals surface area contributed by atoms with Gasteiger partial charge in [-0.2, -0.15) is 0 Å². The van der Waals surface area contributed by atoms with Gasteiger partial charge in [0.2, 0.25) is 5.91 Å². The zero-order chi connectivity index (χ0) is 36.6. The molecule has 0 radical (unpaired) electrons. The molecule has 4 aromatic rings. The van der Waals surface area contributed by atoms with Gasteiger partial charge in [0.1, 0.15) is 17.6 Å². The Morgan fingerprint density at radius 3 is 2.02 bits per heavy atom. The van der Waals surface area contributed by atoms with E-state index in [9.17, 15) is 9.59 Å². The van der Waals surface area contributed by atoms with Crippen molar-refractivity contribution in [2.24, 2.45) is 0 Å². The summed E-state index contributed by atoms with van der Waals surface area (Å²) < 4.78 is 5.90. The Balaban J connectivity index is 0.00000188. The van der Waals surface area contributed by atoms with Crippen LogP contribution in [0.3, 0.4) is 0 Å². The van der Waals surface area contributed by atoms with Gasteiger partial charge in [-0.25, -0.2) is 19.9 Å². The molecular weight excluding hydrogens is 644 g/mol. The molecule has 0 aliphatic carbocycles. The summed E-state index contributed by atoms with van der Waals surface area (Å²) in [4.78, 5) is 54.9. The summed E-state index contributed by atoms with van der Waals surface area (Å²) in [5.41, 5.74) is 3.86. The average molecular weight is 695 g/mol. The smallest absolute Gasteiger partial charge is 0.290 e. The fourth-order valence-corrected chi connectivity index (χ4v) is 5.72. The van der Waals surface area contributed by atoms with Gasteiger partial charge >= 0.3 is 0 Å². The summed E-state index contributed by atoms with van der Waals surface area (Å²) in [7, 11) is 0. The summed E-state index contributed by atoms with van der Waals surface area (Å²) in [5.74, 6) is 1.71. The Bertz CT molecular complexity index is 1670. The van der Waals surface area contributed by atoms with Crippen LogP contribution in [0.5, 0.6) is 5.75 Å². The molecule has 2 amide bonds. The number of hydrogen-bond acceptors (Lipinski definition) is 8. The Labute approximate surface area is 300 Å². The summed E-state index contributed by atoms with van der Waals surface area (Å²) in [5, 5.41) is 9.85. The van der Waals surface area contributed by atoms with Crippen molar-refractivity contribution >= 4 is 18.3 Å². The van der Waals surface area contributed by atoms with Crippen molar-refractivity contribution in [2.45, 2.75) is 90.5 Å². The molecule has 1 atom stereocenters. The minimum absolute atomic E-state index is 0.0712. The number of hydrogen-bond donors (Lipinski definition) is 2. The van der Waals surface area contributed by atoms with Crippen LogP contribution in [0, 0.1) is 0 Å². The van der Waals surface area contributed by atoms with Crippen molar-refractivity contribution in [3.05, 3.63) is 90.3 Å². The van der Waals surface area contributed by atoms with Crippen LogP contribution in [-0.2, 0) is 21.4 Å². The molecule has 5 rings (SSSR count). The van der Waals surface area contributed by atoms with Crippen LogP contribution >= 0.6 is 0 Å². The van der Waals surface area contributed by atoms with E-state index in [2.05, 4.69) is 32.2 Å². The van der Waals surface area contributed by atoms with E-state index < -0.39 is 6.04 Å². The highest BCUT2D eigenvalue weighted by molar-refractivity contribution is 5.97. The maximum atomic E-state index is 13.5. The molecule has 1 aliphatic heterocycles. The van der Waals surface area contributed by atoms with Crippen molar-refractivity contribution in [1.82, 2.24) is 30.2 Å². The molecule has 2 aromatic carbocycles. The van der Waals surface area contributed by atoms with E-state index in [0.717, 1.165) is 53.9 Å². The predicted molar refractivity (Wildman–Crippen MR) is 197 cm³/mol. The molecule has 0 spiro atoms. The number of aromatic nitrogens is 4. The number of nitrogens with one attached hydrogen (secondary N) is 1. The first-order chi connectivity index (χ1) is 24.6. The predicted octanol–water partition coefficient (Wildman–Crippen LogP) is 6.91. The van der Waals surface area contributed by atoms with Crippen molar-refractivity contribution in [3.63, 3.8) is 0 Å². The van der Waals surface area contributed by atoms with Gasteiger partial charge in [-0.3, -0.25) is 14.4 Å². The first-order valence-electron chi connectivity index (χ1n) is 17.8. The second-order valence-corrected chi connectivity index (χ2v) is 13.7. The van der Waals surface area contributed by atoms with Crippen molar-refractivity contribution in [3.8, 4) is 28.3 Å². The highest BCUT2D eigenvalue weighted by Crippen LogP contribution is 2.24. The van der Waals surface area contributed by atoms with E-state index in [-0.39, 0.29) is 23.7 Å². The summed E-state index contributed by atoms with van der Waals surface area (Å²) in [6, 6.07) is 15.2. The van der Waals surface area contributed by atoms with Crippen LogP contribution in [0.25, 0.3) is 22.5 Å². The first-order valence-corrected chi connectivity index (χ1v) is 17.8. The Kier molecular flexibility index (Phi) is 14.6. The van der Waals surface area contributed by atoms with Crippen molar-refractivity contribution < 1.29 is 24.2 Å². The third-order valence-electron chi connectivity index (χ3n) is 8.61. The van der Waals surface area contributed by atoms with Gasteiger partial charge in [-0.1, -0.05) is 89.8 Å². The van der Waals surface area contributed by atoms with Crippen LogP contribution < -0.4 is 10.1 Å². The third-order valence-corrected chi connectivity index (χ3v) is 8.61. The zero-order valence-corrected chi connectivity index (χ0v) is 30.2. The van der Waals surface area contributed by atoms with Crippen LogP contribution in [0.1, 0.15) is 94.4 Å². The lowest BCUT2D eigenvalue weighted by molar-refractivity contribution is -0.132. The largest absolute Gasteiger partial charge is 0.494 e. The van der Waals surface area contributed by atoms with Crippen LogP contribution in [0.4, 0.5) is 0 Å². The minimum atomic E-state index is -0.707.